The highest BCUT2D eigenvalue weighted by Crippen LogP contribution is 2.45. The van der Waals surface area contributed by atoms with E-state index in [2.05, 4.69) is 0 Å². The molecule has 0 amide bonds. The predicted molar refractivity (Wildman–Crippen MR) is 49.0 cm³/mol. The molecule has 4 nitrogen and oxygen atoms in total. The summed E-state index contributed by atoms with van der Waals surface area (Å²) in [5, 5.41) is 8.95. The number of carbonyl (C=O) groups is 1. The van der Waals surface area contributed by atoms with Crippen molar-refractivity contribution in [2.75, 3.05) is 7.11 Å². The zero-order valence-electron chi connectivity index (χ0n) is 8.27. The monoisotopic (exact) mass is 198 g/mol. The number of carboxylic acids is 1. The van der Waals surface area contributed by atoms with Crippen LogP contribution in [0.5, 0.6) is 0 Å². The van der Waals surface area contributed by atoms with Gasteiger partial charge in [-0.3, -0.25) is 4.79 Å². The molecule has 0 aromatic heterocycles. The van der Waals surface area contributed by atoms with Crippen LogP contribution in [-0.4, -0.2) is 36.0 Å². The summed E-state index contributed by atoms with van der Waals surface area (Å²) in [5.74, 6) is -1.21. The molecular weight excluding hydrogens is 184 g/mol. The van der Waals surface area contributed by atoms with Crippen molar-refractivity contribution in [3.05, 3.63) is 12.2 Å². The Bertz CT molecular complexity index is 286. The van der Waals surface area contributed by atoms with Crippen molar-refractivity contribution in [3.63, 3.8) is 0 Å². The first-order valence-electron chi connectivity index (χ1n) is 4.72. The van der Waals surface area contributed by atoms with Gasteiger partial charge in [-0.05, 0) is 13.3 Å². The fourth-order valence-electron chi connectivity index (χ4n) is 2.21. The molecule has 2 rings (SSSR count). The van der Waals surface area contributed by atoms with Crippen LogP contribution in [0.15, 0.2) is 12.2 Å². The summed E-state index contributed by atoms with van der Waals surface area (Å²) in [6.07, 6.45) is 3.90. The number of rotatable bonds is 3. The van der Waals surface area contributed by atoms with E-state index in [0.717, 1.165) is 0 Å². The molecule has 2 aliphatic heterocycles. The molecule has 1 saturated heterocycles. The quantitative estimate of drug-likeness (QED) is 0.682. The van der Waals surface area contributed by atoms with Gasteiger partial charge in [-0.2, -0.15) is 0 Å². The molecule has 78 valence electrons. The maximum atomic E-state index is 10.9. The van der Waals surface area contributed by atoms with E-state index in [1.165, 1.54) is 0 Å². The number of ether oxygens (including phenoxy) is 2. The summed E-state index contributed by atoms with van der Waals surface area (Å²) in [6, 6.07) is 0. The van der Waals surface area contributed by atoms with Gasteiger partial charge in [-0.25, -0.2) is 0 Å². The molecule has 2 aliphatic rings. The third-order valence-corrected chi connectivity index (χ3v) is 3.22. The Hall–Kier alpha value is -0.870. The molecule has 0 radical (unpaired) electrons. The lowest BCUT2D eigenvalue weighted by atomic mass is 9.83. The standard InChI is InChI=1S/C10H14O4/c1-6(13-2)10-4-3-8(14-10)7(5-10)9(11)12/h3-4,6-8H,5H2,1-2H3,(H,11,12). The first-order chi connectivity index (χ1) is 6.59. The van der Waals surface area contributed by atoms with E-state index >= 15 is 0 Å². The summed E-state index contributed by atoms with van der Waals surface area (Å²) in [4.78, 5) is 10.9. The lowest BCUT2D eigenvalue weighted by Gasteiger charge is -2.28. The average Bonchev–Trinajstić information content (AvgIpc) is 2.74. The minimum atomic E-state index is -0.787. The van der Waals surface area contributed by atoms with Crippen molar-refractivity contribution < 1.29 is 19.4 Å². The van der Waals surface area contributed by atoms with Gasteiger partial charge in [0.15, 0.2) is 0 Å². The highest BCUT2D eigenvalue weighted by atomic mass is 16.6. The first-order valence-corrected chi connectivity index (χ1v) is 4.72. The molecule has 0 aromatic carbocycles. The van der Waals surface area contributed by atoms with E-state index in [0.29, 0.717) is 6.42 Å². The second-order valence-corrected chi connectivity index (χ2v) is 3.92. The van der Waals surface area contributed by atoms with Crippen LogP contribution in [0, 0.1) is 5.92 Å². The van der Waals surface area contributed by atoms with Crippen LogP contribution in [0.4, 0.5) is 0 Å². The van der Waals surface area contributed by atoms with Crippen LogP contribution in [-0.2, 0) is 14.3 Å². The van der Waals surface area contributed by atoms with Gasteiger partial charge in [0, 0.05) is 7.11 Å². The van der Waals surface area contributed by atoms with Crippen LogP contribution < -0.4 is 0 Å². The van der Waals surface area contributed by atoms with Crippen molar-refractivity contribution in [1.29, 1.82) is 0 Å². The van der Waals surface area contributed by atoms with Gasteiger partial charge >= 0.3 is 5.97 Å². The number of aliphatic carboxylic acids is 1. The number of hydrogen-bond acceptors (Lipinski definition) is 3. The van der Waals surface area contributed by atoms with Crippen LogP contribution in [0.3, 0.4) is 0 Å². The van der Waals surface area contributed by atoms with Gasteiger partial charge in [0.05, 0.1) is 18.1 Å². The van der Waals surface area contributed by atoms with E-state index < -0.39 is 17.5 Å². The maximum Gasteiger partial charge on any atom is 0.309 e. The Morgan fingerprint density at radius 1 is 1.79 bits per heavy atom. The van der Waals surface area contributed by atoms with Gasteiger partial charge in [0.2, 0.25) is 0 Å². The van der Waals surface area contributed by atoms with Crippen molar-refractivity contribution in [2.24, 2.45) is 5.92 Å². The summed E-state index contributed by atoms with van der Waals surface area (Å²) < 4.78 is 10.9. The van der Waals surface area contributed by atoms with E-state index in [-0.39, 0.29) is 12.2 Å². The molecule has 14 heavy (non-hydrogen) atoms. The Morgan fingerprint density at radius 3 is 3.00 bits per heavy atom. The van der Waals surface area contributed by atoms with E-state index in [1.54, 1.807) is 7.11 Å². The van der Waals surface area contributed by atoms with Crippen molar-refractivity contribution in [2.45, 2.75) is 31.2 Å². The number of fused-ring (bicyclic) bond motifs is 2. The number of hydrogen-bond donors (Lipinski definition) is 1. The summed E-state index contributed by atoms with van der Waals surface area (Å²) in [7, 11) is 1.61. The average molecular weight is 198 g/mol. The Morgan fingerprint density at radius 2 is 2.50 bits per heavy atom. The number of carboxylic acid groups (broad SMARTS) is 1. The third-order valence-electron chi connectivity index (χ3n) is 3.22. The summed E-state index contributed by atoms with van der Waals surface area (Å²) in [6.45, 7) is 1.90. The molecule has 4 unspecified atom stereocenters. The SMILES string of the molecule is COC(C)C12C=CC(O1)C(C(=O)O)C2. The molecule has 2 bridgehead atoms. The number of methoxy groups -OCH3 is 1. The highest BCUT2D eigenvalue weighted by Gasteiger charge is 2.54. The zero-order valence-corrected chi connectivity index (χ0v) is 8.27. The third kappa shape index (κ3) is 1.18. The molecule has 2 heterocycles. The molecule has 0 saturated carbocycles. The Kier molecular flexibility index (Phi) is 2.12. The lowest BCUT2D eigenvalue weighted by molar-refractivity contribution is -0.142. The van der Waals surface area contributed by atoms with E-state index in [4.69, 9.17) is 14.6 Å². The van der Waals surface area contributed by atoms with Crippen molar-refractivity contribution in [1.82, 2.24) is 0 Å². The molecule has 0 aromatic rings. The summed E-state index contributed by atoms with van der Waals surface area (Å²) in [5.41, 5.74) is -0.511. The van der Waals surface area contributed by atoms with Gasteiger partial charge in [-0.1, -0.05) is 12.2 Å². The lowest BCUT2D eigenvalue weighted by Crippen LogP contribution is -2.38. The molecule has 1 fully saturated rings. The first kappa shape index (κ1) is 9.68. The predicted octanol–water partition coefficient (Wildman–Crippen LogP) is 0.820. The van der Waals surface area contributed by atoms with Gasteiger partial charge in [0.25, 0.3) is 0 Å². The molecule has 4 heteroatoms. The molecule has 0 spiro atoms. The normalized spacial score (nSPS) is 41.6. The second kappa shape index (κ2) is 3.07. The van der Waals surface area contributed by atoms with Gasteiger partial charge in [-0.15, -0.1) is 0 Å². The van der Waals surface area contributed by atoms with Crippen LogP contribution in [0.1, 0.15) is 13.3 Å². The van der Waals surface area contributed by atoms with Crippen LogP contribution in [0.2, 0.25) is 0 Å². The van der Waals surface area contributed by atoms with Gasteiger partial charge in [0.1, 0.15) is 5.60 Å². The smallest absolute Gasteiger partial charge is 0.309 e. The second-order valence-electron chi connectivity index (χ2n) is 3.92. The minimum absolute atomic E-state index is 0.104. The van der Waals surface area contributed by atoms with Crippen molar-refractivity contribution in [3.8, 4) is 0 Å². The zero-order chi connectivity index (χ0) is 10.3. The maximum absolute atomic E-state index is 10.9. The molecule has 1 N–H and O–H groups in total. The fourth-order valence-corrected chi connectivity index (χ4v) is 2.21. The highest BCUT2D eigenvalue weighted by molar-refractivity contribution is 5.72. The van der Waals surface area contributed by atoms with Gasteiger partial charge < -0.3 is 14.6 Å². The Balaban J connectivity index is 2.20. The van der Waals surface area contributed by atoms with Crippen LogP contribution >= 0.6 is 0 Å². The van der Waals surface area contributed by atoms with Crippen molar-refractivity contribution >= 4 is 5.97 Å². The van der Waals surface area contributed by atoms with Crippen LogP contribution in [0.25, 0.3) is 0 Å². The fraction of sp³-hybridized carbons (Fsp3) is 0.700. The van der Waals surface area contributed by atoms with E-state index in [9.17, 15) is 4.79 Å². The molecule has 4 atom stereocenters. The largest absolute Gasteiger partial charge is 0.481 e. The van der Waals surface area contributed by atoms with E-state index in [1.807, 2.05) is 19.1 Å². The molecular formula is C10H14O4. The summed E-state index contributed by atoms with van der Waals surface area (Å²) >= 11 is 0. The Labute approximate surface area is 82.5 Å². The topological polar surface area (TPSA) is 55.8 Å². The minimum Gasteiger partial charge on any atom is -0.481 e. The molecule has 0 aliphatic carbocycles.